The summed E-state index contributed by atoms with van der Waals surface area (Å²) in [6.07, 6.45) is 3.68. The Morgan fingerprint density at radius 1 is 1.41 bits per heavy atom. The highest BCUT2D eigenvalue weighted by Gasteiger charge is 2.29. The molecule has 1 amide bonds. The van der Waals surface area contributed by atoms with Crippen LogP contribution in [-0.4, -0.2) is 10.9 Å². The number of aromatic nitrogens is 1. The first-order valence-electron chi connectivity index (χ1n) is 5.59. The Kier molecular flexibility index (Phi) is 2.48. The van der Waals surface area contributed by atoms with Crippen molar-refractivity contribution in [2.75, 3.05) is 5.32 Å². The number of hydrogen-bond donors (Lipinski definition) is 1. The number of anilines is 1. The molecule has 1 N–H and O–H groups in total. The largest absolute Gasteiger partial charge is 0.324 e. The quantitative estimate of drug-likeness (QED) is 0.884. The molecule has 1 aliphatic rings. The molecule has 3 rings (SSSR count). The molecule has 0 bridgehead atoms. The van der Waals surface area contributed by atoms with Crippen molar-refractivity contribution in [2.45, 2.75) is 12.8 Å². The number of carbonyl (C=O) groups excluding carboxylic acids is 1. The normalized spacial score (nSPS) is 14.9. The van der Waals surface area contributed by atoms with Gasteiger partial charge < -0.3 is 5.32 Å². The van der Waals surface area contributed by atoms with Crippen molar-refractivity contribution >= 4 is 34.1 Å². The van der Waals surface area contributed by atoms with E-state index in [1.165, 1.54) is 0 Å². The van der Waals surface area contributed by atoms with Crippen LogP contribution in [0.2, 0.25) is 5.02 Å². The van der Waals surface area contributed by atoms with Crippen LogP contribution < -0.4 is 5.32 Å². The Morgan fingerprint density at radius 3 is 3.00 bits per heavy atom. The summed E-state index contributed by atoms with van der Waals surface area (Å²) in [4.78, 5) is 16.0. The molecule has 17 heavy (non-hydrogen) atoms. The Hall–Kier alpha value is -1.61. The van der Waals surface area contributed by atoms with Crippen molar-refractivity contribution in [3.8, 4) is 0 Å². The molecule has 1 heterocycles. The molecule has 1 aliphatic carbocycles. The summed E-state index contributed by atoms with van der Waals surface area (Å²) >= 11 is 6.02. The maximum Gasteiger partial charge on any atom is 0.227 e. The summed E-state index contributed by atoms with van der Waals surface area (Å²) in [5.74, 6) is 0.243. The van der Waals surface area contributed by atoms with Crippen LogP contribution in [0.1, 0.15) is 12.8 Å². The van der Waals surface area contributed by atoms with Gasteiger partial charge in [-0.15, -0.1) is 0 Å². The Morgan fingerprint density at radius 2 is 2.24 bits per heavy atom. The molecule has 3 nitrogen and oxygen atoms in total. The Bertz CT molecular complexity index is 593. The van der Waals surface area contributed by atoms with Gasteiger partial charge in [-0.1, -0.05) is 17.7 Å². The number of pyridine rings is 1. The molecule has 0 saturated heterocycles. The van der Waals surface area contributed by atoms with E-state index < -0.39 is 0 Å². The molecular formula is C13H11ClN2O. The lowest BCUT2D eigenvalue weighted by Crippen LogP contribution is -2.13. The predicted molar refractivity (Wildman–Crippen MR) is 68.1 cm³/mol. The van der Waals surface area contributed by atoms with E-state index in [1.54, 1.807) is 12.3 Å². The predicted octanol–water partition coefficient (Wildman–Crippen LogP) is 3.24. The monoisotopic (exact) mass is 246 g/mol. The number of halogens is 1. The van der Waals surface area contributed by atoms with Gasteiger partial charge in [0.2, 0.25) is 5.91 Å². The highest BCUT2D eigenvalue weighted by Crippen LogP contribution is 2.32. The van der Waals surface area contributed by atoms with Gasteiger partial charge in [0.15, 0.2) is 0 Å². The second-order valence-electron chi connectivity index (χ2n) is 4.29. The summed E-state index contributed by atoms with van der Waals surface area (Å²) in [5.41, 5.74) is 1.48. The highest BCUT2D eigenvalue weighted by molar-refractivity contribution is 6.32. The Balaban J connectivity index is 2.04. The van der Waals surface area contributed by atoms with Crippen LogP contribution in [0.3, 0.4) is 0 Å². The van der Waals surface area contributed by atoms with Gasteiger partial charge in [0.1, 0.15) is 0 Å². The van der Waals surface area contributed by atoms with Gasteiger partial charge in [0.25, 0.3) is 0 Å². The van der Waals surface area contributed by atoms with Crippen molar-refractivity contribution < 1.29 is 4.79 Å². The van der Waals surface area contributed by atoms with Crippen LogP contribution in [0.5, 0.6) is 0 Å². The van der Waals surface area contributed by atoms with E-state index in [2.05, 4.69) is 10.3 Å². The van der Waals surface area contributed by atoms with E-state index in [-0.39, 0.29) is 11.8 Å². The maximum atomic E-state index is 11.7. The van der Waals surface area contributed by atoms with E-state index in [0.717, 1.165) is 23.7 Å². The third kappa shape index (κ3) is 2.11. The van der Waals surface area contributed by atoms with Gasteiger partial charge in [-0.3, -0.25) is 9.78 Å². The lowest BCUT2D eigenvalue weighted by molar-refractivity contribution is -0.117. The average molecular weight is 247 g/mol. The molecule has 0 unspecified atom stereocenters. The van der Waals surface area contributed by atoms with Crippen molar-refractivity contribution in [1.29, 1.82) is 0 Å². The maximum absolute atomic E-state index is 11.7. The van der Waals surface area contributed by atoms with E-state index in [9.17, 15) is 4.79 Å². The molecule has 4 heteroatoms. The summed E-state index contributed by atoms with van der Waals surface area (Å²) in [6, 6.07) is 7.37. The number of rotatable bonds is 2. The average Bonchev–Trinajstić information content (AvgIpc) is 3.12. The number of hydrogen-bond acceptors (Lipinski definition) is 2. The standard InChI is InChI=1S/C13H11ClN2O/c14-10-6-9-2-1-5-15-12(9)11(7-10)16-13(17)8-3-4-8/h1-2,5-8H,3-4H2,(H,16,17). The topological polar surface area (TPSA) is 42.0 Å². The van der Waals surface area contributed by atoms with E-state index in [0.29, 0.717) is 10.7 Å². The van der Waals surface area contributed by atoms with E-state index in [1.807, 2.05) is 18.2 Å². The van der Waals surface area contributed by atoms with Gasteiger partial charge in [0.05, 0.1) is 11.2 Å². The number of nitrogens with zero attached hydrogens (tertiary/aromatic N) is 1. The zero-order valence-corrected chi connectivity index (χ0v) is 9.87. The molecule has 1 aromatic carbocycles. The lowest BCUT2D eigenvalue weighted by Gasteiger charge is -2.08. The Labute approximate surface area is 104 Å². The fourth-order valence-corrected chi connectivity index (χ4v) is 2.06. The van der Waals surface area contributed by atoms with Crippen LogP contribution >= 0.6 is 11.6 Å². The molecule has 0 radical (unpaired) electrons. The van der Waals surface area contributed by atoms with Crippen molar-refractivity contribution in [3.05, 3.63) is 35.5 Å². The van der Waals surface area contributed by atoms with Gasteiger partial charge in [0, 0.05) is 22.5 Å². The minimum Gasteiger partial charge on any atom is -0.324 e. The second-order valence-corrected chi connectivity index (χ2v) is 4.73. The molecule has 2 aromatic rings. The zero-order valence-electron chi connectivity index (χ0n) is 9.11. The molecular weight excluding hydrogens is 236 g/mol. The number of benzene rings is 1. The number of carbonyl (C=O) groups is 1. The summed E-state index contributed by atoms with van der Waals surface area (Å²) < 4.78 is 0. The molecule has 0 aliphatic heterocycles. The summed E-state index contributed by atoms with van der Waals surface area (Å²) in [7, 11) is 0. The van der Waals surface area contributed by atoms with Crippen LogP contribution in [0.15, 0.2) is 30.5 Å². The summed E-state index contributed by atoms with van der Waals surface area (Å²) in [6.45, 7) is 0. The lowest BCUT2D eigenvalue weighted by atomic mass is 10.2. The molecule has 0 atom stereocenters. The smallest absolute Gasteiger partial charge is 0.227 e. The number of amides is 1. The number of fused-ring (bicyclic) bond motifs is 1. The van der Waals surface area contributed by atoms with Crippen LogP contribution in [-0.2, 0) is 4.79 Å². The summed E-state index contributed by atoms with van der Waals surface area (Å²) in [5, 5.41) is 4.45. The fraction of sp³-hybridized carbons (Fsp3) is 0.231. The fourth-order valence-electron chi connectivity index (χ4n) is 1.83. The van der Waals surface area contributed by atoms with Crippen LogP contribution in [0.4, 0.5) is 5.69 Å². The van der Waals surface area contributed by atoms with Crippen molar-refractivity contribution in [3.63, 3.8) is 0 Å². The molecule has 0 spiro atoms. The first-order valence-corrected chi connectivity index (χ1v) is 5.97. The van der Waals surface area contributed by atoms with Gasteiger partial charge in [-0.25, -0.2) is 0 Å². The second kappa shape index (κ2) is 4.00. The zero-order chi connectivity index (χ0) is 11.8. The van der Waals surface area contributed by atoms with Crippen molar-refractivity contribution in [2.24, 2.45) is 5.92 Å². The molecule has 86 valence electrons. The van der Waals surface area contributed by atoms with Crippen LogP contribution in [0, 0.1) is 5.92 Å². The molecule has 1 fully saturated rings. The molecule has 1 aromatic heterocycles. The first-order chi connectivity index (χ1) is 8.24. The molecule has 1 saturated carbocycles. The van der Waals surface area contributed by atoms with Crippen molar-refractivity contribution in [1.82, 2.24) is 4.98 Å². The van der Waals surface area contributed by atoms with Gasteiger partial charge >= 0.3 is 0 Å². The third-order valence-corrected chi connectivity index (χ3v) is 3.09. The third-order valence-electron chi connectivity index (χ3n) is 2.88. The number of nitrogens with one attached hydrogen (secondary N) is 1. The van der Waals surface area contributed by atoms with E-state index in [4.69, 9.17) is 11.6 Å². The first kappa shape index (κ1) is 10.5. The minimum absolute atomic E-state index is 0.0687. The minimum atomic E-state index is 0.0687. The van der Waals surface area contributed by atoms with Gasteiger partial charge in [-0.05, 0) is 31.0 Å². The van der Waals surface area contributed by atoms with Gasteiger partial charge in [-0.2, -0.15) is 0 Å². The van der Waals surface area contributed by atoms with Crippen LogP contribution in [0.25, 0.3) is 10.9 Å². The van der Waals surface area contributed by atoms with E-state index >= 15 is 0 Å². The highest BCUT2D eigenvalue weighted by atomic mass is 35.5. The SMILES string of the molecule is O=C(Nc1cc(Cl)cc2cccnc12)C1CC1.